The van der Waals surface area contributed by atoms with Crippen molar-refractivity contribution in [3.63, 3.8) is 0 Å². The van der Waals surface area contributed by atoms with Crippen molar-refractivity contribution < 1.29 is 4.79 Å². The zero-order chi connectivity index (χ0) is 16.6. The molecule has 2 aromatic carbocycles. The largest absolute Gasteiger partial charge is 0.378 e. The van der Waals surface area contributed by atoms with Gasteiger partial charge in [-0.1, -0.05) is 23.7 Å². The van der Waals surface area contributed by atoms with E-state index >= 15 is 0 Å². The molecule has 4 heteroatoms. The quantitative estimate of drug-likeness (QED) is 0.846. The van der Waals surface area contributed by atoms with E-state index in [9.17, 15) is 4.79 Å². The summed E-state index contributed by atoms with van der Waals surface area (Å²) >= 11 is 5.96. The summed E-state index contributed by atoms with van der Waals surface area (Å²) in [6.07, 6.45) is 0.873. The van der Waals surface area contributed by atoms with Crippen molar-refractivity contribution in [2.75, 3.05) is 10.2 Å². The molecule has 0 fully saturated rings. The number of hydrogen-bond acceptors (Lipinski definition) is 2. The molecule has 0 radical (unpaired) electrons. The van der Waals surface area contributed by atoms with Crippen LogP contribution in [-0.2, 0) is 4.79 Å². The van der Waals surface area contributed by atoms with Crippen LogP contribution in [0.3, 0.4) is 0 Å². The fraction of sp³-hybridized carbons (Fsp3) is 0.316. The minimum Gasteiger partial charge on any atom is -0.378 e. The molecule has 1 N–H and O–H groups in total. The van der Waals surface area contributed by atoms with Gasteiger partial charge in [0.25, 0.3) is 0 Å². The van der Waals surface area contributed by atoms with Gasteiger partial charge < -0.3 is 10.2 Å². The van der Waals surface area contributed by atoms with Gasteiger partial charge in [0, 0.05) is 29.4 Å². The Hall–Kier alpha value is -2.00. The van der Waals surface area contributed by atoms with E-state index in [-0.39, 0.29) is 18.0 Å². The van der Waals surface area contributed by atoms with E-state index in [4.69, 9.17) is 11.6 Å². The van der Waals surface area contributed by atoms with Crippen LogP contribution in [0.15, 0.2) is 42.5 Å². The molecule has 0 aromatic heterocycles. The Morgan fingerprint density at radius 3 is 2.57 bits per heavy atom. The first kappa shape index (κ1) is 15.9. The predicted octanol–water partition coefficient (Wildman–Crippen LogP) is 4.95. The first-order chi connectivity index (χ1) is 11.0. The summed E-state index contributed by atoms with van der Waals surface area (Å²) in [4.78, 5) is 14.0. The third-order valence-corrected chi connectivity index (χ3v) is 4.61. The van der Waals surface area contributed by atoms with E-state index in [1.807, 2.05) is 29.2 Å². The molecule has 0 bridgehead atoms. The molecule has 0 spiro atoms. The maximum absolute atomic E-state index is 12.1. The standard InChI is InChI=1S/C19H21ClN2O/c1-12-4-9-17-18(21-16-7-5-15(20)6-8-16)11-13(2)22(14(3)23)19(17)10-12/h4-10,13,18,21H,11H2,1-3H3. The van der Waals surface area contributed by atoms with E-state index in [2.05, 4.69) is 37.4 Å². The van der Waals surface area contributed by atoms with Gasteiger partial charge in [-0.2, -0.15) is 0 Å². The summed E-state index contributed by atoms with van der Waals surface area (Å²) in [5.74, 6) is 0.0919. The van der Waals surface area contributed by atoms with Crippen molar-refractivity contribution in [2.45, 2.75) is 39.3 Å². The summed E-state index contributed by atoms with van der Waals surface area (Å²) < 4.78 is 0. The number of amides is 1. The second-order valence-corrected chi connectivity index (χ2v) is 6.68. The number of nitrogens with zero attached hydrogens (tertiary/aromatic N) is 1. The number of halogens is 1. The monoisotopic (exact) mass is 328 g/mol. The SMILES string of the molecule is CC(=O)N1c2cc(C)ccc2C(Nc2ccc(Cl)cc2)CC1C. The summed E-state index contributed by atoms with van der Waals surface area (Å²) in [6, 6.07) is 14.4. The summed E-state index contributed by atoms with van der Waals surface area (Å²) in [6.45, 7) is 5.79. The van der Waals surface area contributed by atoms with Crippen LogP contribution in [0.1, 0.15) is 37.4 Å². The lowest BCUT2D eigenvalue weighted by molar-refractivity contribution is -0.117. The van der Waals surface area contributed by atoms with E-state index in [1.165, 1.54) is 5.56 Å². The lowest BCUT2D eigenvalue weighted by atomic mass is 9.90. The van der Waals surface area contributed by atoms with E-state index < -0.39 is 0 Å². The molecule has 0 aliphatic carbocycles. The van der Waals surface area contributed by atoms with Gasteiger partial charge in [0.15, 0.2) is 0 Å². The zero-order valence-corrected chi connectivity index (χ0v) is 14.4. The van der Waals surface area contributed by atoms with Gasteiger partial charge in [-0.15, -0.1) is 0 Å². The van der Waals surface area contributed by atoms with E-state index in [1.54, 1.807) is 6.92 Å². The average Bonchev–Trinajstić information content (AvgIpc) is 2.48. The van der Waals surface area contributed by atoms with Crippen molar-refractivity contribution in [3.8, 4) is 0 Å². The number of aryl methyl sites for hydroxylation is 1. The average molecular weight is 329 g/mol. The summed E-state index contributed by atoms with van der Waals surface area (Å²) in [5, 5.41) is 4.31. The highest BCUT2D eigenvalue weighted by atomic mass is 35.5. The van der Waals surface area contributed by atoms with Gasteiger partial charge in [0.2, 0.25) is 5.91 Å². The third-order valence-electron chi connectivity index (χ3n) is 4.36. The van der Waals surface area contributed by atoms with Crippen LogP contribution in [0, 0.1) is 6.92 Å². The molecule has 0 saturated heterocycles. The fourth-order valence-electron chi connectivity index (χ4n) is 3.33. The fourth-order valence-corrected chi connectivity index (χ4v) is 3.46. The Labute approximate surface area is 142 Å². The number of carbonyl (C=O) groups is 1. The van der Waals surface area contributed by atoms with Crippen LogP contribution < -0.4 is 10.2 Å². The van der Waals surface area contributed by atoms with Crippen molar-refractivity contribution in [3.05, 3.63) is 58.6 Å². The Kier molecular flexibility index (Phi) is 4.31. The van der Waals surface area contributed by atoms with Crippen molar-refractivity contribution in [2.24, 2.45) is 0 Å². The van der Waals surface area contributed by atoms with Crippen LogP contribution in [0.25, 0.3) is 0 Å². The number of rotatable bonds is 2. The molecule has 2 aromatic rings. The molecule has 1 aliphatic heterocycles. The Bertz CT molecular complexity index is 727. The van der Waals surface area contributed by atoms with Crippen molar-refractivity contribution >= 4 is 28.9 Å². The van der Waals surface area contributed by atoms with Gasteiger partial charge >= 0.3 is 0 Å². The molecular weight excluding hydrogens is 308 g/mol. The normalized spacial score (nSPS) is 20.1. The number of anilines is 2. The number of nitrogens with one attached hydrogen (secondary N) is 1. The highest BCUT2D eigenvalue weighted by molar-refractivity contribution is 6.30. The van der Waals surface area contributed by atoms with Crippen molar-refractivity contribution in [1.82, 2.24) is 0 Å². The molecule has 1 amide bonds. The molecule has 3 rings (SSSR count). The van der Waals surface area contributed by atoms with Crippen LogP contribution in [0.2, 0.25) is 5.02 Å². The molecular formula is C19H21ClN2O. The Morgan fingerprint density at radius 1 is 1.22 bits per heavy atom. The van der Waals surface area contributed by atoms with Gasteiger partial charge in [-0.05, 0) is 61.7 Å². The molecule has 1 heterocycles. The zero-order valence-electron chi connectivity index (χ0n) is 13.6. The van der Waals surface area contributed by atoms with Gasteiger partial charge in [0.1, 0.15) is 0 Å². The topological polar surface area (TPSA) is 32.3 Å². The lowest BCUT2D eigenvalue weighted by Crippen LogP contribution is -2.43. The third kappa shape index (κ3) is 3.20. The predicted molar refractivity (Wildman–Crippen MR) is 96.2 cm³/mol. The lowest BCUT2D eigenvalue weighted by Gasteiger charge is -2.39. The molecule has 120 valence electrons. The number of benzene rings is 2. The highest BCUT2D eigenvalue weighted by Gasteiger charge is 2.32. The number of carbonyl (C=O) groups excluding carboxylic acids is 1. The smallest absolute Gasteiger partial charge is 0.224 e. The van der Waals surface area contributed by atoms with Crippen molar-refractivity contribution in [1.29, 1.82) is 0 Å². The second kappa shape index (κ2) is 6.25. The van der Waals surface area contributed by atoms with Crippen LogP contribution >= 0.6 is 11.6 Å². The molecule has 2 atom stereocenters. The van der Waals surface area contributed by atoms with Gasteiger partial charge in [0.05, 0.1) is 6.04 Å². The van der Waals surface area contributed by atoms with E-state index in [0.717, 1.165) is 28.4 Å². The van der Waals surface area contributed by atoms with Crippen LogP contribution in [0.5, 0.6) is 0 Å². The van der Waals surface area contributed by atoms with Gasteiger partial charge in [-0.3, -0.25) is 4.79 Å². The summed E-state index contributed by atoms with van der Waals surface area (Å²) in [5.41, 5.74) is 4.38. The maximum atomic E-state index is 12.1. The minimum absolute atomic E-state index is 0.0919. The van der Waals surface area contributed by atoms with Crippen LogP contribution in [-0.4, -0.2) is 11.9 Å². The Balaban J connectivity index is 1.98. The first-order valence-corrected chi connectivity index (χ1v) is 8.26. The summed E-state index contributed by atoms with van der Waals surface area (Å²) in [7, 11) is 0. The molecule has 1 aliphatic rings. The van der Waals surface area contributed by atoms with Crippen LogP contribution in [0.4, 0.5) is 11.4 Å². The molecule has 3 nitrogen and oxygen atoms in total. The Morgan fingerprint density at radius 2 is 1.91 bits per heavy atom. The molecule has 23 heavy (non-hydrogen) atoms. The number of hydrogen-bond donors (Lipinski definition) is 1. The van der Waals surface area contributed by atoms with E-state index in [0.29, 0.717) is 0 Å². The maximum Gasteiger partial charge on any atom is 0.224 e. The van der Waals surface area contributed by atoms with Gasteiger partial charge in [-0.25, -0.2) is 0 Å². The number of fused-ring (bicyclic) bond motifs is 1. The highest BCUT2D eigenvalue weighted by Crippen LogP contribution is 2.39. The molecule has 2 unspecified atom stereocenters. The second-order valence-electron chi connectivity index (χ2n) is 6.24. The first-order valence-electron chi connectivity index (χ1n) is 7.88. The minimum atomic E-state index is 0.0919. The molecule has 0 saturated carbocycles.